The molecule has 2 fully saturated rings. The number of hydrogen-bond acceptors (Lipinski definition) is 3. The molecule has 0 spiro atoms. The lowest BCUT2D eigenvalue weighted by molar-refractivity contribution is -0.175. The SMILES string of the molecule is O=C(CC(F)(F)F)N1CCC(Nc2ccccc2)C2(O)CCCC[C@H]12. The van der Waals surface area contributed by atoms with Gasteiger partial charge in [-0.15, -0.1) is 0 Å². The second-order valence-electron chi connectivity index (χ2n) is 6.98. The van der Waals surface area contributed by atoms with Crippen LogP contribution in [0, 0.1) is 0 Å². The molecule has 1 heterocycles. The lowest BCUT2D eigenvalue weighted by Crippen LogP contribution is -2.68. The smallest absolute Gasteiger partial charge is 0.386 e. The molecule has 1 aliphatic heterocycles. The quantitative estimate of drug-likeness (QED) is 0.874. The highest BCUT2D eigenvalue weighted by atomic mass is 19.4. The molecule has 0 radical (unpaired) electrons. The maximum absolute atomic E-state index is 12.6. The number of carbonyl (C=O) groups is 1. The van der Waals surface area contributed by atoms with Crippen LogP contribution in [0.3, 0.4) is 0 Å². The van der Waals surface area contributed by atoms with Crippen LogP contribution in [0.2, 0.25) is 0 Å². The second-order valence-corrected chi connectivity index (χ2v) is 6.98. The van der Waals surface area contributed by atoms with Gasteiger partial charge in [0.25, 0.3) is 0 Å². The monoisotopic (exact) mass is 356 g/mol. The number of amides is 1. The molecule has 4 nitrogen and oxygen atoms in total. The highest BCUT2D eigenvalue weighted by molar-refractivity contribution is 5.77. The Morgan fingerprint density at radius 2 is 1.96 bits per heavy atom. The lowest BCUT2D eigenvalue weighted by atomic mass is 9.71. The van der Waals surface area contributed by atoms with E-state index in [9.17, 15) is 23.1 Å². The zero-order valence-electron chi connectivity index (χ0n) is 13.9. The minimum absolute atomic E-state index is 0.229. The maximum atomic E-state index is 12.6. The number of nitrogens with one attached hydrogen (secondary N) is 1. The third-order valence-corrected chi connectivity index (χ3v) is 5.31. The Kier molecular flexibility index (Phi) is 4.95. The molecule has 2 aliphatic rings. The molecule has 3 atom stereocenters. The van der Waals surface area contributed by atoms with Gasteiger partial charge in [-0.05, 0) is 31.4 Å². The number of hydrogen-bond donors (Lipinski definition) is 2. The van der Waals surface area contributed by atoms with Gasteiger partial charge in [-0.2, -0.15) is 13.2 Å². The van der Waals surface area contributed by atoms with Gasteiger partial charge in [0.15, 0.2) is 0 Å². The van der Waals surface area contributed by atoms with Gasteiger partial charge in [-0.25, -0.2) is 0 Å². The Balaban J connectivity index is 1.79. The van der Waals surface area contributed by atoms with Gasteiger partial charge in [0.1, 0.15) is 12.0 Å². The third-order valence-electron chi connectivity index (χ3n) is 5.31. The number of halogens is 3. The van der Waals surface area contributed by atoms with E-state index in [0.717, 1.165) is 18.5 Å². The molecule has 3 rings (SSSR count). The van der Waals surface area contributed by atoms with E-state index in [1.54, 1.807) is 0 Å². The molecule has 1 aromatic carbocycles. The van der Waals surface area contributed by atoms with Crippen LogP contribution in [-0.2, 0) is 4.79 Å². The van der Waals surface area contributed by atoms with Crippen molar-refractivity contribution in [2.45, 2.75) is 62.4 Å². The van der Waals surface area contributed by atoms with Crippen molar-refractivity contribution in [3.8, 4) is 0 Å². The Morgan fingerprint density at radius 1 is 1.24 bits per heavy atom. The number of rotatable bonds is 3. The number of nitrogens with zero attached hydrogens (tertiary/aromatic N) is 1. The first-order chi connectivity index (χ1) is 11.8. The van der Waals surface area contributed by atoms with Crippen LogP contribution in [0.1, 0.15) is 38.5 Å². The van der Waals surface area contributed by atoms with Crippen molar-refractivity contribution in [1.82, 2.24) is 4.90 Å². The molecule has 1 amide bonds. The largest absolute Gasteiger partial charge is 0.397 e. The number of anilines is 1. The molecule has 25 heavy (non-hydrogen) atoms. The molecule has 138 valence electrons. The summed E-state index contributed by atoms with van der Waals surface area (Å²) in [6, 6.07) is 8.59. The van der Waals surface area contributed by atoms with E-state index in [1.165, 1.54) is 4.90 Å². The van der Waals surface area contributed by atoms with Gasteiger partial charge < -0.3 is 15.3 Å². The molecule has 1 aromatic rings. The predicted molar refractivity (Wildman–Crippen MR) is 88.1 cm³/mol. The summed E-state index contributed by atoms with van der Waals surface area (Å²) in [7, 11) is 0. The summed E-state index contributed by atoms with van der Waals surface area (Å²) in [5.41, 5.74) is -0.339. The van der Waals surface area contributed by atoms with Crippen LogP contribution in [0.4, 0.5) is 18.9 Å². The van der Waals surface area contributed by atoms with Gasteiger partial charge in [0.05, 0.1) is 12.1 Å². The average molecular weight is 356 g/mol. The fraction of sp³-hybridized carbons (Fsp3) is 0.611. The van der Waals surface area contributed by atoms with Crippen molar-refractivity contribution in [2.24, 2.45) is 0 Å². The lowest BCUT2D eigenvalue weighted by Gasteiger charge is -2.54. The molecule has 2 unspecified atom stereocenters. The number of fused-ring (bicyclic) bond motifs is 1. The summed E-state index contributed by atoms with van der Waals surface area (Å²) in [5.74, 6) is -0.934. The predicted octanol–water partition coefficient (Wildman–Crippen LogP) is 3.33. The van der Waals surface area contributed by atoms with E-state index < -0.39 is 30.1 Å². The zero-order valence-corrected chi connectivity index (χ0v) is 13.9. The fourth-order valence-corrected chi connectivity index (χ4v) is 4.17. The second kappa shape index (κ2) is 6.86. The van der Waals surface area contributed by atoms with Crippen LogP contribution in [0.25, 0.3) is 0 Å². The van der Waals surface area contributed by atoms with Gasteiger partial charge >= 0.3 is 6.18 Å². The molecule has 2 N–H and O–H groups in total. The summed E-state index contributed by atoms with van der Waals surface area (Å²) < 4.78 is 37.9. The minimum atomic E-state index is -4.52. The van der Waals surface area contributed by atoms with E-state index >= 15 is 0 Å². The van der Waals surface area contributed by atoms with Gasteiger partial charge in [-0.3, -0.25) is 4.79 Å². The van der Waals surface area contributed by atoms with Gasteiger partial charge in [-0.1, -0.05) is 31.0 Å². The average Bonchev–Trinajstić information content (AvgIpc) is 2.54. The van der Waals surface area contributed by atoms with Crippen molar-refractivity contribution >= 4 is 11.6 Å². The van der Waals surface area contributed by atoms with Crippen LogP contribution in [0.15, 0.2) is 30.3 Å². The molecular weight excluding hydrogens is 333 g/mol. The van der Waals surface area contributed by atoms with E-state index in [0.29, 0.717) is 19.3 Å². The number of benzene rings is 1. The third kappa shape index (κ3) is 3.92. The summed E-state index contributed by atoms with van der Waals surface area (Å²) in [5, 5.41) is 14.6. The summed E-state index contributed by atoms with van der Waals surface area (Å²) >= 11 is 0. The van der Waals surface area contributed by atoms with Crippen molar-refractivity contribution < 1.29 is 23.1 Å². The Morgan fingerprint density at radius 3 is 2.64 bits per heavy atom. The molecular formula is C18H23F3N2O2. The molecule has 7 heteroatoms. The van der Waals surface area contributed by atoms with Crippen LogP contribution in [-0.4, -0.2) is 46.3 Å². The first kappa shape index (κ1) is 18.0. The summed E-state index contributed by atoms with van der Waals surface area (Å²) in [6.07, 6.45) is -2.93. The van der Waals surface area contributed by atoms with E-state index in [1.807, 2.05) is 30.3 Å². The Bertz CT molecular complexity index is 608. The van der Waals surface area contributed by atoms with Crippen LogP contribution >= 0.6 is 0 Å². The zero-order chi connectivity index (χ0) is 18.1. The number of para-hydroxylation sites is 1. The van der Waals surface area contributed by atoms with E-state index in [-0.39, 0.29) is 12.6 Å². The van der Waals surface area contributed by atoms with Crippen molar-refractivity contribution in [3.05, 3.63) is 30.3 Å². The number of alkyl halides is 3. The van der Waals surface area contributed by atoms with Crippen molar-refractivity contribution in [3.63, 3.8) is 0 Å². The standard InChI is InChI=1S/C18H23F3N2O2/c19-18(20,21)12-16(24)23-11-9-14(22-13-6-2-1-3-7-13)17(25)10-5-4-8-15(17)23/h1-3,6-7,14-15,22,25H,4-5,8-12H2/t14?,15-,17?/m0/s1. The van der Waals surface area contributed by atoms with Crippen LogP contribution in [0.5, 0.6) is 0 Å². The van der Waals surface area contributed by atoms with Gasteiger partial charge in [0.2, 0.25) is 5.91 Å². The van der Waals surface area contributed by atoms with Crippen molar-refractivity contribution in [2.75, 3.05) is 11.9 Å². The summed E-state index contributed by atoms with van der Waals surface area (Å²) in [6.45, 7) is 0.229. The highest BCUT2D eigenvalue weighted by Gasteiger charge is 2.52. The summed E-state index contributed by atoms with van der Waals surface area (Å²) in [4.78, 5) is 13.4. The molecule has 0 bridgehead atoms. The highest BCUT2D eigenvalue weighted by Crippen LogP contribution is 2.41. The number of aliphatic hydroxyl groups is 1. The van der Waals surface area contributed by atoms with Crippen molar-refractivity contribution in [1.29, 1.82) is 0 Å². The molecule has 1 aliphatic carbocycles. The minimum Gasteiger partial charge on any atom is -0.386 e. The maximum Gasteiger partial charge on any atom is 0.397 e. The van der Waals surface area contributed by atoms with E-state index in [4.69, 9.17) is 0 Å². The van der Waals surface area contributed by atoms with Crippen LogP contribution < -0.4 is 5.32 Å². The number of carbonyl (C=O) groups excluding carboxylic acids is 1. The van der Waals surface area contributed by atoms with Gasteiger partial charge in [0, 0.05) is 12.2 Å². The first-order valence-corrected chi connectivity index (χ1v) is 8.70. The molecule has 0 aromatic heterocycles. The normalized spacial score (nSPS) is 29.8. The fourth-order valence-electron chi connectivity index (χ4n) is 4.17. The molecule has 1 saturated carbocycles. The number of piperidine rings is 1. The first-order valence-electron chi connectivity index (χ1n) is 8.70. The molecule has 1 saturated heterocycles. The topological polar surface area (TPSA) is 52.6 Å². The Hall–Kier alpha value is -1.76. The van der Waals surface area contributed by atoms with E-state index in [2.05, 4.69) is 5.32 Å². The Labute approximate surface area is 145 Å². The number of likely N-dealkylation sites (tertiary alicyclic amines) is 1.